The molecule has 3 rings (SSSR count). The molecule has 0 aliphatic rings. The first-order chi connectivity index (χ1) is 15.0. The molecule has 0 radical (unpaired) electrons. The van der Waals surface area contributed by atoms with Gasteiger partial charge in [-0.15, -0.1) is 0 Å². The molecule has 0 fully saturated rings. The number of carbonyl (C=O) groups is 2. The summed E-state index contributed by atoms with van der Waals surface area (Å²) < 4.78 is 0. The molecule has 2 N–H and O–H groups in total. The summed E-state index contributed by atoms with van der Waals surface area (Å²) in [6.07, 6.45) is 0.758. The van der Waals surface area contributed by atoms with Crippen LogP contribution in [0.25, 0.3) is 0 Å². The Morgan fingerprint density at radius 1 is 1.03 bits per heavy atom. The second-order valence-electron chi connectivity index (χ2n) is 7.17. The minimum absolute atomic E-state index is 0.00192. The number of nitrogens with one attached hydrogen (secondary N) is 2. The fourth-order valence-corrected chi connectivity index (χ4v) is 3.96. The highest BCUT2D eigenvalue weighted by molar-refractivity contribution is 7.99. The van der Waals surface area contributed by atoms with Gasteiger partial charge in [-0.05, 0) is 50.6 Å². The predicted octanol–water partition coefficient (Wildman–Crippen LogP) is 4.52. The third-order valence-electron chi connectivity index (χ3n) is 4.98. The van der Waals surface area contributed by atoms with E-state index < -0.39 is 0 Å². The first kappa shape index (κ1) is 22.6. The molecule has 0 atom stereocenters. The van der Waals surface area contributed by atoms with E-state index in [1.807, 2.05) is 39.0 Å². The Bertz CT molecular complexity index is 1010. The zero-order valence-corrected chi connectivity index (χ0v) is 19.0. The lowest BCUT2D eigenvalue weighted by Crippen LogP contribution is -2.30. The van der Waals surface area contributed by atoms with Crippen LogP contribution < -0.4 is 5.32 Å². The van der Waals surface area contributed by atoms with Crippen LogP contribution in [-0.2, 0) is 11.2 Å². The Morgan fingerprint density at radius 2 is 1.71 bits per heavy atom. The highest BCUT2D eigenvalue weighted by Gasteiger charge is 2.13. The van der Waals surface area contributed by atoms with Crippen LogP contribution >= 0.6 is 11.8 Å². The maximum absolute atomic E-state index is 12.4. The standard InChI is InChI=1S/C24H28N4O2S/c1-4-28(5-2)23(30)19-11-13-20(14-12-19)26-22(29)16-31-24-25-17(3)21(27-24)15-18-9-7-6-8-10-18/h6-14H,4-5,15-16H2,1-3H3,(H,25,27)(H,26,29). The average molecular weight is 437 g/mol. The molecule has 0 bridgehead atoms. The summed E-state index contributed by atoms with van der Waals surface area (Å²) in [4.78, 5) is 34.4. The number of thioether (sulfide) groups is 1. The third kappa shape index (κ3) is 6.21. The minimum atomic E-state index is -0.119. The van der Waals surface area contributed by atoms with Crippen LogP contribution in [0.2, 0.25) is 0 Å². The number of aromatic amines is 1. The van der Waals surface area contributed by atoms with Crippen LogP contribution in [0.15, 0.2) is 59.8 Å². The number of hydrogen-bond donors (Lipinski definition) is 2. The van der Waals surface area contributed by atoms with Gasteiger partial charge in [0, 0.05) is 36.5 Å². The van der Waals surface area contributed by atoms with Gasteiger partial charge in [-0.3, -0.25) is 9.59 Å². The Kier molecular flexibility index (Phi) is 7.89. The van der Waals surface area contributed by atoms with Crippen LogP contribution in [0.1, 0.15) is 41.2 Å². The largest absolute Gasteiger partial charge is 0.339 e. The van der Waals surface area contributed by atoms with E-state index in [2.05, 4.69) is 27.4 Å². The van der Waals surface area contributed by atoms with Crippen molar-refractivity contribution in [2.45, 2.75) is 32.3 Å². The molecular formula is C24H28N4O2S. The van der Waals surface area contributed by atoms with E-state index in [4.69, 9.17) is 0 Å². The molecule has 0 saturated carbocycles. The lowest BCUT2D eigenvalue weighted by Gasteiger charge is -2.18. The van der Waals surface area contributed by atoms with Crippen molar-refractivity contribution >= 4 is 29.3 Å². The summed E-state index contributed by atoms with van der Waals surface area (Å²) in [7, 11) is 0. The average Bonchev–Trinajstić information content (AvgIpc) is 3.13. The van der Waals surface area contributed by atoms with E-state index in [1.165, 1.54) is 17.3 Å². The van der Waals surface area contributed by atoms with Gasteiger partial charge in [-0.2, -0.15) is 0 Å². The van der Waals surface area contributed by atoms with Crippen LogP contribution in [0.4, 0.5) is 5.69 Å². The number of benzene rings is 2. The highest BCUT2D eigenvalue weighted by Crippen LogP contribution is 2.20. The van der Waals surface area contributed by atoms with Gasteiger partial charge in [-0.25, -0.2) is 4.98 Å². The summed E-state index contributed by atoms with van der Waals surface area (Å²) >= 11 is 1.37. The van der Waals surface area contributed by atoms with E-state index in [0.717, 1.165) is 23.0 Å². The molecule has 0 aliphatic heterocycles. The van der Waals surface area contributed by atoms with Gasteiger partial charge in [0.1, 0.15) is 0 Å². The quantitative estimate of drug-likeness (QED) is 0.484. The fraction of sp³-hybridized carbons (Fsp3) is 0.292. The Hall–Kier alpha value is -3.06. The van der Waals surface area contributed by atoms with Gasteiger partial charge >= 0.3 is 0 Å². The van der Waals surface area contributed by atoms with Crippen LogP contribution in [0.3, 0.4) is 0 Å². The summed E-state index contributed by atoms with van der Waals surface area (Å²) in [6.45, 7) is 7.25. The number of aryl methyl sites for hydroxylation is 1. The molecule has 3 aromatic rings. The number of imidazole rings is 1. The molecule has 0 unspecified atom stereocenters. The zero-order valence-electron chi connectivity index (χ0n) is 18.1. The van der Waals surface area contributed by atoms with Gasteiger partial charge in [0.15, 0.2) is 5.16 Å². The number of anilines is 1. The third-order valence-corrected chi connectivity index (χ3v) is 5.86. The van der Waals surface area contributed by atoms with Crippen molar-refractivity contribution < 1.29 is 9.59 Å². The van der Waals surface area contributed by atoms with Crippen molar-refractivity contribution in [3.63, 3.8) is 0 Å². The summed E-state index contributed by atoms with van der Waals surface area (Å²) in [5.74, 6) is 0.127. The molecule has 162 valence electrons. The van der Waals surface area contributed by atoms with Gasteiger partial charge in [0.05, 0.1) is 11.4 Å². The molecule has 0 aliphatic carbocycles. The number of hydrogen-bond acceptors (Lipinski definition) is 4. The number of rotatable bonds is 9. The van der Waals surface area contributed by atoms with E-state index in [0.29, 0.717) is 24.3 Å². The van der Waals surface area contributed by atoms with E-state index in [1.54, 1.807) is 29.2 Å². The molecule has 6 nitrogen and oxygen atoms in total. The number of amides is 2. The van der Waals surface area contributed by atoms with Crippen LogP contribution in [-0.4, -0.2) is 45.5 Å². The number of aromatic nitrogens is 2. The Morgan fingerprint density at radius 3 is 2.35 bits per heavy atom. The van der Waals surface area contributed by atoms with Gasteiger partial charge in [0.2, 0.25) is 5.91 Å². The smallest absolute Gasteiger partial charge is 0.253 e. The summed E-state index contributed by atoms with van der Waals surface area (Å²) in [5, 5.41) is 3.61. The van der Waals surface area contributed by atoms with E-state index in [-0.39, 0.29) is 17.6 Å². The normalized spacial score (nSPS) is 10.7. The lowest BCUT2D eigenvalue weighted by atomic mass is 10.1. The Labute approximate surface area is 187 Å². The molecular weight excluding hydrogens is 408 g/mol. The van der Waals surface area contributed by atoms with Crippen molar-refractivity contribution in [2.24, 2.45) is 0 Å². The SMILES string of the molecule is CCN(CC)C(=O)c1ccc(NC(=O)CSc2nc(Cc3ccccc3)c(C)[nH]2)cc1. The maximum Gasteiger partial charge on any atom is 0.253 e. The number of nitrogens with zero attached hydrogens (tertiary/aromatic N) is 2. The lowest BCUT2D eigenvalue weighted by molar-refractivity contribution is -0.113. The number of H-pyrrole nitrogens is 1. The second-order valence-corrected chi connectivity index (χ2v) is 8.13. The molecule has 1 heterocycles. The van der Waals surface area contributed by atoms with Gasteiger partial charge in [0.25, 0.3) is 5.91 Å². The van der Waals surface area contributed by atoms with Crippen LogP contribution in [0.5, 0.6) is 0 Å². The van der Waals surface area contributed by atoms with Crippen molar-refractivity contribution in [1.82, 2.24) is 14.9 Å². The molecule has 31 heavy (non-hydrogen) atoms. The monoisotopic (exact) mass is 436 g/mol. The molecule has 0 saturated heterocycles. The van der Waals surface area contributed by atoms with Crippen molar-refractivity contribution in [3.05, 3.63) is 77.1 Å². The fourth-order valence-electron chi connectivity index (χ4n) is 3.22. The van der Waals surface area contributed by atoms with Crippen LogP contribution in [0, 0.1) is 6.92 Å². The summed E-state index contributed by atoms with van der Waals surface area (Å²) in [5.41, 5.74) is 4.49. The van der Waals surface area contributed by atoms with E-state index >= 15 is 0 Å². The molecule has 7 heteroatoms. The second kappa shape index (κ2) is 10.8. The summed E-state index contributed by atoms with van der Waals surface area (Å²) in [6, 6.07) is 17.2. The topological polar surface area (TPSA) is 78.1 Å². The van der Waals surface area contributed by atoms with Gasteiger partial charge < -0.3 is 15.2 Å². The first-order valence-corrected chi connectivity index (χ1v) is 11.4. The first-order valence-electron chi connectivity index (χ1n) is 10.4. The highest BCUT2D eigenvalue weighted by atomic mass is 32.2. The van der Waals surface area contributed by atoms with E-state index in [9.17, 15) is 9.59 Å². The number of carbonyl (C=O) groups excluding carboxylic acids is 2. The molecule has 0 spiro atoms. The Balaban J connectivity index is 1.52. The van der Waals surface area contributed by atoms with Crippen molar-refractivity contribution in [2.75, 3.05) is 24.2 Å². The van der Waals surface area contributed by atoms with Crippen molar-refractivity contribution in [3.8, 4) is 0 Å². The van der Waals surface area contributed by atoms with Crippen molar-refractivity contribution in [1.29, 1.82) is 0 Å². The maximum atomic E-state index is 12.4. The molecule has 1 aromatic heterocycles. The predicted molar refractivity (Wildman–Crippen MR) is 126 cm³/mol. The zero-order chi connectivity index (χ0) is 22.2. The van der Waals surface area contributed by atoms with Gasteiger partial charge in [-0.1, -0.05) is 42.1 Å². The minimum Gasteiger partial charge on any atom is -0.339 e. The molecule has 2 amide bonds. The molecule has 2 aromatic carbocycles.